The smallest absolute Gasteiger partial charge is 0.267 e. The fraction of sp³-hybridized carbons (Fsp3) is 0.560. The number of thiazole rings is 1. The van der Waals surface area contributed by atoms with Crippen LogP contribution in [0.1, 0.15) is 33.6 Å². The van der Waals surface area contributed by atoms with Gasteiger partial charge in [0.1, 0.15) is 10.6 Å². The molecular weight excluding hydrogens is 466 g/mol. The molecule has 1 aromatic carbocycles. The zero-order valence-corrected chi connectivity index (χ0v) is 21.6. The largest absolute Gasteiger partial charge is 0.496 e. The summed E-state index contributed by atoms with van der Waals surface area (Å²) in [5, 5.41) is 7.13. The number of ether oxygens (including phenoxy) is 2. The molecule has 2 fully saturated rings. The van der Waals surface area contributed by atoms with Gasteiger partial charge < -0.3 is 25.0 Å². The minimum absolute atomic E-state index is 0.179. The molecular formula is C25H35N5O4S. The number of morpholine rings is 1. The van der Waals surface area contributed by atoms with E-state index in [0.29, 0.717) is 30.6 Å². The lowest BCUT2D eigenvalue weighted by molar-refractivity contribution is -0.134. The van der Waals surface area contributed by atoms with Gasteiger partial charge in [-0.25, -0.2) is 4.98 Å². The van der Waals surface area contributed by atoms with Crippen molar-refractivity contribution in [3.05, 3.63) is 34.3 Å². The van der Waals surface area contributed by atoms with E-state index in [1.54, 1.807) is 13.3 Å². The van der Waals surface area contributed by atoms with Gasteiger partial charge in [0.05, 0.1) is 38.8 Å². The van der Waals surface area contributed by atoms with Gasteiger partial charge in [0.15, 0.2) is 5.13 Å². The number of anilines is 2. The van der Waals surface area contributed by atoms with Gasteiger partial charge in [0.25, 0.3) is 5.91 Å². The van der Waals surface area contributed by atoms with E-state index in [-0.39, 0.29) is 11.8 Å². The summed E-state index contributed by atoms with van der Waals surface area (Å²) in [5.74, 6) is 1.26. The first kappa shape index (κ1) is 25.4. The molecule has 0 unspecified atom stereocenters. The van der Waals surface area contributed by atoms with Crippen molar-refractivity contribution < 1.29 is 19.1 Å². The molecule has 0 aliphatic carbocycles. The van der Waals surface area contributed by atoms with Crippen LogP contribution in [0.4, 0.5) is 10.8 Å². The van der Waals surface area contributed by atoms with Crippen LogP contribution in [0.15, 0.2) is 18.3 Å². The minimum atomic E-state index is -0.179. The molecule has 0 bridgehead atoms. The van der Waals surface area contributed by atoms with Crippen molar-refractivity contribution in [1.29, 1.82) is 0 Å². The highest BCUT2D eigenvalue weighted by Crippen LogP contribution is 2.30. The van der Waals surface area contributed by atoms with Crippen molar-refractivity contribution in [3.63, 3.8) is 0 Å². The van der Waals surface area contributed by atoms with Gasteiger partial charge in [0, 0.05) is 38.3 Å². The molecule has 190 valence electrons. The molecule has 35 heavy (non-hydrogen) atoms. The second-order valence-corrected chi connectivity index (χ2v) is 10.2. The SMILES string of the molecule is COc1ccc(C)c(NC(=O)c2cnc(NCC3CCN(C(=O)CN4CCOCC4)CC3)s2)c1C. The first-order valence-electron chi connectivity index (χ1n) is 12.2. The van der Waals surface area contributed by atoms with Crippen LogP contribution in [0.5, 0.6) is 5.75 Å². The van der Waals surface area contributed by atoms with E-state index in [2.05, 4.69) is 20.5 Å². The number of piperidine rings is 1. The number of carbonyl (C=O) groups excluding carboxylic acids is 2. The van der Waals surface area contributed by atoms with Crippen LogP contribution in [0.3, 0.4) is 0 Å². The van der Waals surface area contributed by atoms with Crippen molar-refractivity contribution in [2.45, 2.75) is 26.7 Å². The van der Waals surface area contributed by atoms with Crippen molar-refractivity contribution >= 4 is 34.0 Å². The second-order valence-electron chi connectivity index (χ2n) is 9.16. The minimum Gasteiger partial charge on any atom is -0.496 e. The molecule has 2 amide bonds. The molecule has 2 saturated heterocycles. The molecule has 2 aromatic rings. The van der Waals surface area contributed by atoms with Gasteiger partial charge in [-0.2, -0.15) is 0 Å². The maximum absolute atomic E-state index is 12.8. The number of benzene rings is 1. The molecule has 0 radical (unpaired) electrons. The van der Waals surface area contributed by atoms with Crippen molar-refractivity contribution in [3.8, 4) is 5.75 Å². The predicted octanol–water partition coefficient (Wildman–Crippen LogP) is 3.00. The van der Waals surface area contributed by atoms with E-state index in [9.17, 15) is 9.59 Å². The Morgan fingerprint density at radius 3 is 2.63 bits per heavy atom. The van der Waals surface area contributed by atoms with Gasteiger partial charge in [-0.05, 0) is 44.2 Å². The Morgan fingerprint density at radius 2 is 1.91 bits per heavy atom. The molecule has 0 saturated carbocycles. The molecule has 10 heteroatoms. The van der Waals surface area contributed by atoms with E-state index in [0.717, 1.165) is 73.3 Å². The summed E-state index contributed by atoms with van der Waals surface area (Å²) in [7, 11) is 1.62. The molecule has 0 spiro atoms. The summed E-state index contributed by atoms with van der Waals surface area (Å²) < 4.78 is 10.7. The third kappa shape index (κ3) is 6.50. The van der Waals surface area contributed by atoms with Crippen LogP contribution in [0.25, 0.3) is 0 Å². The maximum atomic E-state index is 12.8. The average molecular weight is 502 g/mol. The second kappa shape index (κ2) is 11.8. The van der Waals surface area contributed by atoms with Crippen molar-refractivity contribution in [2.75, 3.05) is 70.2 Å². The van der Waals surface area contributed by atoms with E-state index >= 15 is 0 Å². The Balaban J connectivity index is 1.23. The molecule has 2 N–H and O–H groups in total. The number of nitrogens with one attached hydrogen (secondary N) is 2. The summed E-state index contributed by atoms with van der Waals surface area (Å²) in [5.41, 5.74) is 2.65. The highest BCUT2D eigenvalue weighted by molar-refractivity contribution is 7.17. The molecule has 9 nitrogen and oxygen atoms in total. The Hall–Kier alpha value is -2.69. The average Bonchev–Trinajstić information content (AvgIpc) is 3.35. The van der Waals surface area contributed by atoms with Crippen LogP contribution in [-0.4, -0.2) is 86.2 Å². The number of aromatic nitrogens is 1. The highest BCUT2D eigenvalue weighted by Gasteiger charge is 2.25. The van der Waals surface area contributed by atoms with E-state index in [1.165, 1.54) is 11.3 Å². The molecule has 3 heterocycles. The molecule has 2 aliphatic rings. The predicted molar refractivity (Wildman–Crippen MR) is 138 cm³/mol. The third-order valence-electron chi connectivity index (χ3n) is 6.78. The summed E-state index contributed by atoms with van der Waals surface area (Å²) in [6.45, 7) is 9.84. The molecule has 0 atom stereocenters. The quantitative estimate of drug-likeness (QED) is 0.574. The van der Waals surface area contributed by atoms with E-state index < -0.39 is 0 Å². The Morgan fingerprint density at radius 1 is 1.17 bits per heavy atom. The first-order valence-corrected chi connectivity index (χ1v) is 13.0. The summed E-state index contributed by atoms with van der Waals surface area (Å²) >= 11 is 1.35. The molecule has 2 aliphatic heterocycles. The van der Waals surface area contributed by atoms with Gasteiger partial charge in [-0.1, -0.05) is 17.4 Å². The first-order chi connectivity index (χ1) is 16.9. The normalized spacial score (nSPS) is 17.3. The number of nitrogens with zero attached hydrogens (tertiary/aromatic N) is 3. The number of amides is 2. The number of hydrogen-bond acceptors (Lipinski definition) is 8. The standard InChI is InChI=1S/C25H35N5O4S/c1-17-4-5-20(33-3)18(2)23(17)28-24(32)21-15-27-25(35-21)26-14-19-6-8-30(9-7-19)22(31)16-29-10-12-34-13-11-29/h4-5,15,19H,6-14,16H2,1-3H3,(H,26,27)(H,28,32). The third-order valence-corrected chi connectivity index (χ3v) is 7.74. The number of likely N-dealkylation sites (tertiary alicyclic amines) is 1. The number of methoxy groups -OCH3 is 1. The number of aryl methyl sites for hydroxylation is 1. The van der Waals surface area contributed by atoms with Crippen LogP contribution < -0.4 is 15.4 Å². The summed E-state index contributed by atoms with van der Waals surface area (Å²) in [4.78, 5) is 34.5. The maximum Gasteiger partial charge on any atom is 0.267 e. The van der Waals surface area contributed by atoms with Crippen LogP contribution in [-0.2, 0) is 9.53 Å². The van der Waals surface area contributed by atoms with E-state index in [1.807, 2.05) is 30.9 Å². The lowest BCUT2D eigenvalue weighted by atomic mass is 9.97. The fourth-order valence-corrected chi connectivity index (χ4v) is 5.26. The van der Waals surface area contributed by atoms with Crippen molar-refractivity contribution in [1.82, 2.24) is 14.8 Å². The summed E-state index contributed by atoms with van der Waals surface area (Å²) in [6.07, 6.45) is 3.55. The van der Waals surface area contributed by atoms with Gasteiger partial charge in [0.2, 0.25) is 5.91 Å². The van der Waals surface area contributed by atoms with Gasteiger partial charge >= 0.3 is 0 Å². The molecule has 4 rings (SSSR count). The van der Waals surface area contributed by atoms with Gasteiger partial charge in [-0.15, -0.1) is 0 Å². The highest BCUT2D eigenvalue weighted by atomic mass is 32.1. The topological polar surface area (TPSA) is 96.0 Å². The number of hydrogen-bond donors (Lipinski definition) is 2. The zero-order valence-electron chi connectivity index (χ0n) is 20.8. The zero-order chi connectivity index (χ0) is 24.8. The Kier molecular flexibility index (Phi) is 8.59. The van der Waals surface area contributed by atoms with Crippen LogP contribution in [0, 0.1) is 19.8 Å². The molecule has 1 aromatic heterocycles. The van der Waals surface area contributed by atoms with E-state index in [4.69, 9.17) is 9.47 Å². The lowest BCUT2D eigenvalue weighted by Crippen LogP contribution is -2.47. The fourth-order valence-electron chi connectivity index (χ4n) is 4.55. The van der Waals surface area contributed by atoms with Crippen LogP contribution in [0.2, 0.25) is 0 Å². The van der Waals surface area contributed by atoms with Crippen molar-refractivity contribution in [2.24, 2.45) is 5.92 Å². The Labute approximate surface area is 210 Å². The van der Waals surface area contributed by atoms with Crippen LogP contribution >= 0.6 is 11.3 Å². The number of carbonyl (C=O) groups is 2. The lowest BCUT2D eigenvalue weighted by Gasteiger charge is -2.34. The Bertz CT molecular complexity index is 1030. The summed E-state index contributed by atoms with van der Waals surface area (Å²) in [6, 6.07) is 3.84. The monoisotopic (exact) mass is 501 g/mol. The number of rotatable bonds is 8. The van der Waals surface area contributed by atoms with Gasteiger partial charge in [-0.3, -0.25) is 14.5 Å².